The summed E-state index contributed by atoms with van der Waals surface area (Å²) in [4.78, 5) is 0. The minimum Gasteiger partial charge on any atom is -0.256 e. The Morgan fingerprint density at radius 1 is 1.43 bits per heavy atom. The van der Waals surface area contributed by atoms with E-state index >= 15 is 0 Å². The summed E-state index contributed by atoms with van der Waals surface area (Å²) in [7, 11) is 0.458. The topological polar surface area (TPSA) is 0 Å². The SMILES string of the molecule is CC(C)(C)[Si]CF. The van der Waals surface area contributed by atoms with Crippen molar-refractivity contribution in [2.24, 2.45) is 0 Å². The van der Waals surface area contributed by atoms with E-state index in [9.17, 15) is 4.39 Å². The Labute approximate surface area is 46.9 Å². The van der Waals surface area contributed by atoms with Crippen LogP contribution in [-0.2, 0) is 0 Å². The van der Waals surface area contributed by atoms with Gasteiger partial charge in [0, 0.05) is 0 Å². The first kappa shape index (κ1) is 7.15. The first-order valence-electron chi connectivity index (χ1n) is 2.37. The molecule has 0 atom stereocenters. The summed E-state index contributed by atoms with van der Waals surface area (Å²) in [6.45, 7) is 6.14. The van der Waals surface area contributed by atoms with Crippen LogP contribution in [0.3, 0.4) is 0 Å². The molecular weight excluding hydrogens is 107 g/mol. The van der Waals surface area contributed by atoms with Gasteiger partial charge in [-0.1, -0.05) is 20.8 Å². The Hall–Kier alpha value is 0.147. The molecule has 0 fully saturated rings. The normalized spacial score (nSPS) is 12.0. The average molecular weight is 118 g/mol. The summed E-state index contributed by atoms with van der Waals surface area (Å²) in [6.07, 6.45) is -0.163. The van der Waals surface area contributed by atoms with Gasteiger partial charge in [-0.25, -0.2) is 0 Å². The van der Waals surface area contributed by atoms with E-state index < -0.39 is 0 Å². The Morgan fingerprint density at radius 2 is 1.86 bits per heavy atom. The van der Waals surface area contributed by atoms with Crippen LogP contribution in [0.5, 0.6) is 0 Å². The van der Waals surface area contributed by atoms with Gasteiger partial charge in [-0.15, -0.1) is 0 Å². The van der Waals surface area contributed by atoms with Gasteiger partial charge in [-0.05, 0) is 5.04 Å². The van der Waals surface area contributed by atoms with Crippen LogP contribution in [0, 0.1) is 0 Å². The third-order valence-corrected chi connectivity index (χ3v) is 1.79. The third-order valence-electron chi connectivity index (χ3n) is 0.597. The van der Waals surface area contributed by atoms with Gasteiger partial charge < -0.3 is 0 Å². The Balaban J connectivity index is 3.15. The molecule has 2 radical (unpaired) electrons. The summed E-state index contributed by atoms with van der Waals surface area (Å²) in [5.41, 5.74) is 0. The highest BCUT2D eigenvalue weighted by Crippen LogP contribution is 2.19. The van der Waals surface area contributed by atoms with E-state index in [-0.39, 0.29) is 11.3 Å². The number of rotatable bonds is 1. The minimum atomic E-state index is -0.163. The van der Waals surface area contributed by atoms with Crippen molar-refractivity contribution in [2.75, 3.05) is 6.30 Å². The van der Waals surface area contributed by atoms with Crippen molar-refractivity contribution in [1.82, 2.24) is 0 Å². The van der Waals surface area contributed by atoms with Gasteiger partial charge in [0.15, 0.2) is 0 Å². The molecule has 0 heterocycles. The van der Waals surface area contributed by atoms with Gasteiger partial charge >= 0.3 is 0 Å². The standard InChI is InChI=1S/C5H11FSi/c1-5(2,3)7-4-6/h4H2,1-3H3. The summed E-state index contributed by atoms with van der Waals surface area (Å²) in [6, 6.07) is 0. The Kier molecular flexibility index (Phi) is 2.50. The first-order chi connectivity index (χ1) is 3.06. The predicted octanol–water partition coefficient (Wildman–Crippen LogP) is 1.84. The molecule has 0 bridgehead atoms. The van der Waals surface area contributed by atoms with Crippen molar-refractivity contribution < 1.29 is 4.39 Å². The first-order valence-corrected chi connectivity index (χ1v) is 3.58. The second-order valence-corrected chi connectivity index (χ2v) is 4.68. The van der Waals surface area contributed by atoms with Crippen LogP contribution in [0.4, 0.5) is 4.39 Å². The van der Waals surface area contributed by atoms with Crippen molar-refractivity contribution >= 4 is 9.52 Å². The van der Waals surface area contributed by atoms with E-state index in [1.807, 2.05) is 20.8 Å². The molecule has 0 saturated heterocycles. The van der Waals surface area contributed by atoms with Gasteiger partial charge in [-0.2, -0.15) is 0 Å². The molecule has 0 rings (SSSR count). The maximum atomic E-state index is 11.5. The summed E-state index contributed by atoms with van der Waals surface area (Å²) < 4.78 is 11.5. The van der Waals surface area contributed by atoms with Crippen LogP contribution in [0.2, 0.25) is 5.04 Å². The van der Waals surface area contributed by atoms with Crippen molar-refractivity contribution in [3.05, 3.63) is 0 Å². The molecule has 0 N–H and O–H groups in total. The lowest BCUT2D eigenvalue weighted by Crippen LogP contribution is -2.09. The van der Waals surface area contributed by atoms with Crippen LogP contribution < -0.4 is 0 Å². The lowest BCUT2D eigenvalue weighted by Gasteiger charge is -2.12. The predicted molar refractivity (Wildman–Crippen MR) is 31.4 cm³/mol. The number of alkyl halides is 1. The van der Waals surface area contributed by atoms with Gasteiger partial charge in [0.2, 0.25) is 0 Å². The second-order valence-electron chi connectivity index (χ2n) is 2.56. The van der Waals surface area contributed by atoms with Crippen molar-refractivity contribution in [1.29, 1.82) is 0 Å². The molecule has 0 saturated carbocycles. The smallest absolute Gasteiger partial charge is 0.0872 e. The Morgan fingerprint density at radius 3 is 1.86 bits per heavy atom. The van der Waals surface area contributed by atoms with Crippen LogP contribution in [0.25, 0.3) is 0 Å². The summed E-state index contributed by atoms with van der Waals surface area (Å²) in [5.74, 6) is 0. The molecule has 0 unspecified atom stereocenters. The van der Waals surface area contributed by atoms with Gasteiger partial charge in [0.25, 0.3) is 0 Å². The van der Waals surface area contributed by atoms with E-state index in [2.05, 4.69) is 0 Å². The summed E-state index contributed by atoms with van der Waals surface area (Å²) >= 11 is 0. The maximum absolute atomic E-state index is 11.5. The highest BCUT2D eigenvalue weighted by molar-refractivity contribution is 6.39. The highest BCUT2D eigenvalue weighted by Gasteiger charge is 2.09. The fourth-order valence-corrected chi connectivity index (χ4v) is 0.601. The van der Waals surface area contributed by atoms with Crippen molar-refractivity contribution in [2.45, 2.75) is 25.8 Å². The molecule has 42 valence electrons. The monoisotopic (exact) mass is 118 g/mol. The van der Waals surface area contributed by atoms with E-state index in [1.54, 1.807) is 0 Å². The van der Waals surface area contributed by atoms with Crippen molar-refractivity contribution in [3.8, 4) is 0 Å². The minimum absolute atomic E-state index is 0.163. The third kappa shape index (κ3) is 6.15. The lowest BCUT2D eigenvalue weighted by atomic mass is 10.3. The molecular formula is C5H11FSi. The molecule has 0 aliphatic heterocycles. The lowest BCUT2D eigenvalue weighted by molar-refractivity contribution is 0.577. The quantitative estimate of drug-likeness (QED) is 0.461. The fraction of sp³-hybridized carbons (Fsp3) is 1.00. The number of hydrogen-bond acceptors (Lipinski definition) is 0. The zero-order valence-electron chi connectivity index (χ0n) is 5.09. The van der Waals surface area contributed by atoms with Gasteiger partial charge in [0.1, 0.15) is 0 Å². The van der Waals surface area contributed by atoms with Gasteiger partial charge in [-0.3, -0.25) is 4.39 Å². The zero-order valence-corrected chi connectivity index (χ0v) is 6.09. The maximum Gasteiger partial charge on any atom is 0.0872 e. The van der Waals surface area contributed by atoms with Crippen molar-refractivity contribution in [3.63, 3.8) is 0 Å². The van der Waals surface area contributed by atoms with E-state index in [0.29, 0.717) is 9.52 Å². The molecule has 7 heavy (non-hydrogen) atoms. The van der Waals surface area contributed by atoms with Crippen LogP contribution >= 0.6 is 0 Å². The van der Waals surface area contributed by atoms with E-state index in [0.717, 1.165) is 0 Å². The van der Waals surface area contributed by atoms with Crippen LogP contribution in [0.15, 0.2) is 0 Å². The van der Waals surface area contributed by atoms with E-state index in [1.165, 1.54) is 0 Å². The molecule has 0 spiro atoms. The summed E-state index contributed by atoms with van der Waals surface area (Å²) in [5, 5.41) is 0.203. The molecule has 0 aliphatic rings. The molecule has 2 heteroatoms. The van der Waals surface area contributed by atoms with Crippen LogP contribution in [-0.4, -0.2) is 15.8 Å². The molecule has 0 nitrogen and oxygen atoms in total. The highest BCUT2D eigenvalue weighted by atomic mass is 28.2. The zero-order chi connectivity index (χ0) is 5.91. The van der Waals surface area contributed by atoms with E-state index in [4.69, 9.17) is 0 Å². The molecule has 0 aromatic carbocycles. The van der Waals surface area contributed by atoms with Gasteiger partial charge in [0.05, 0.1) is 15.8 Å². The molecule has 0 aromatic heterocycles. The fourth-order valence-electron chi connectivity index (χ4n) is 0.200. The number of halogens is 1. The largest absolute Gasteiger partial charge is 0.256 e. The second kappa shape index (κ2) is 2.45. The Bertz CT molecular complexity index is 46.5. The van der Waals surface area contributed by atoms with Crippen LogP contribution in [0.1, 0.15) is 20.8 Å². The average Bonchev–Trinajstić information content (AvgIpc) is 1.30. The molecule has 0 amide bonds. The number of hydrogen-bond donors (Lipinski definition) is 0. The molecule has 0 aliphatic carbocycles. The molecule has 0 aromatic rings.